The minimum Gasteiger partial charge on any atom is -0.370 e. The van der Waals surface area contributed by atoms with Crippen molar-refractivity contribution < 1.29 is 13.2 Å². The lowest BCUT2D eigenvalue weighted by molar-refractivity contribution is 0.159. The van der Waals surface area contributed by atoms with Gasteiger partial charge in [0.2, 0.25) is 10.0 Å². The van der Waals surface area contributed by atoms with Crippen LogP contribution in [0.1, 0.15) is 38.5 Å². The Kier molecular flexibility index (Phi) is 6.59. The molecule has 3 rings (SSSR count). The van der Waals surface area contributed by atoms with Crippen LogP contribution in [0, 0.1) is 0 Å². The number of hydrogen-bond donors (Lipinski definition) is 2. The number of para-hydroxylation sites is 2. The SMILES string of the molecule is CS(=O)(=O)NCC[C@@H]1CCCCN1C(=O)Nc1ccccc1N1CCCC1. The molecule has 0 unspecified atom stereocenters. The summed E-state index contributed by atoms with van der Waals surface area (Å²) < 4.78 is 25.1. The predicted molar refractivity (Wildman–Crippen MR) is 109 cm³/mol. The van der Waals surface area contributed by atoms with E-state index < -0.39 is 10.0 Å². The van der Waals surface area contributed by atoms with Gasteiger partial charge in [-0.3, -0.25) is 0 Å². The lowest BCUT2D eigenvalue weighted by atomic mass is 10.00. The number of anilines is 2. The highest BCUT2D eigenvalue weighted by Gasteiger charge is 2.27. The van der Waals surface area contributed by atoms with Gasteiger partial charge in [-0.15, -0.1) is 0 Å². The molecule has 0 bridgehead atoms. The van der Waals surface area contributed by atoms with Gasteiger partial charge in [0.1, 0.15) is 0 Å². The second kappa shape index (κ2) is 8.93. The quantitative estimate of drug-likeness (QED) is 0.777. The molecule has 0 spiro atoms. The Bertz CT molecular complexity index is 747. The maximum absolute atomic E-state index is 13.0. The van der Waals surface area contributed by atoms with Gasteiger partial charge in [0.25, 0.3) is 0 Å². The lowest BCUT2D eigenvalue weighted by Gasteiger charge is -2.36. The highest BCUT2D eigenvalue weighted by Crippen LogP contribution is 2.29. The van der Waals surface area contributed by atoms with Crippen LogP contribution in [0.15, 0.2) is 24.3 Å². The topological polar surface area (TPSA) is 81.8 Å². The number of nitrogens with zero attached hydrogens (tertiary/aromatic N) is 2. The Morgan fingerprint density at radius 2 is 1.81 bits per heavy atom. The lowest BCUT2D eigenvalue weighted by Crippen LogP contribution is -2.47. The van der Waals surface area contributed by atoms with Crippen molar-refractivity contribution in [1.82, 2.24) is 9.62 Å². The van der Waals surface area contributed by atoms with E-state index in [9.17, 15) is 13.2 Å². The molecule has 1 atom stereocenters. The number of sulfonamides is 1. The molecule has 2 N–H and O–H groups in total. The minimum absolute atomic E-state index is 0.0620. The average Bonchev–Trinajstić information content (AvgIpc) is 3.16. The van der Waals surface area contributed by atoms with E-state index in [0.717, 1.165) is 50.0 Å². The van der Waals surface area contributed by atoms with E-state index in [2.05, 4.69) is 21.0 Å². The van der Waals surface area contributed by atoms with Crippen molar-refractivity contribution in [3.05, 3.63) is 24.3 Å². The van der Waals surface area contributed by atoms with E-state index >= 15 is 0 Å². The van der Waals surface area contributed by atoms with Crippen molar-refractivity contribution in [2.24, 2.45) is 0 Å². The minimum atomic E-state index is -3.20. The number of likely N-dealkylation sites (tertiary alicyclic amines) is 1. The van der Waals surface area contributed by atoms with Crippen LogP contribution in [0.4, 0.5) is 16.2 Å². The van der Waals surface area contributed by atoms with Gasteiger partial charge in [-0.05, 0) is 50.7 Å². The number of hydrogen-bond acceptors (Lipinski definition) is 4. The molecule has 8 heteroatoms. The van der Waals surface area contributed by atoms with Crippen LogP contribution in [0.25, 0.3) is 0 Å². The first-order valence-electron chi connectivity index (χ1n) is 9.80. The van der Waals surface area contributed by atoms with E-state index in [-0.39, 0.29) is 12.1 Å². The van der Waals surface area contributed by atoms with E-state index in [1.165, 1.54) is 12.8 Å². The molecule has 27 heavy (non-hydrogen) atoms. The van der Waals surface area contributed by atoms with E-state index in [1.807, 2.05) is 23.1 Å². The second-order valence-corrected chi connectivity index (χ2v) is 9.27. The first kappa shape index (κ1) is 19.9. The van der Waals surface area contributed by atoms with E-state index in [1.54, 1.807) is 0 Å². The first-order valence-corrected chi connectivity index (χ1v) is 11.7. The third-order valence-corrected chi connectivity index (χ3v) is 6.05. The fraction of sp³-hybridized carbons (Fsp3) is 0.632. The summed E-state index contributed by atoms with van der Waals surface area (Å²) in [6, 6.07) is 7.93. The molecule has 1 aromatic carbocycles. The maximum atomic E-state index is 13.0. The van der Waals surface area contributed by atoms with Crippen molar-refractivity contribution >= 4 is 27.4 Å². The number of rotatable bonds is 6. The molecule has 0 radical (unpaired) electrons. The number of carbonyl (C=O) groups excluding carboxylic acids is 1. The number of benzene rings is 1. The molecule has 2 amide bonds. The van der Waals surface area contributed by atoms with Crippen LogP contribution in [0.3, 0.4) is 0 Å². The zero-order valence-corrected chi connectivity index (χ0v) is 16.8. The zero-order chi connectivity index (χ0) is 19.3. The highest BCUT2D eigenvalue weighted by molar-refractivity contribution is 7.88. The van der Waals surface area contributed by atoms with Gasteiger partial charge < -0.3 is 15.1 Å². The predicted octanol–water partition coefficient (Wildman–Crippen LogP) is 2.61. The van der Waals surface area contributed by atoms with Gasteiger partial charge in [0.05, 0.1) is 17.6 Å². The molecule has 150 valence electrons. The third-order valence-electron chi connectivity index (χ3n) is 5.32. The van der Waals surface area contributed by atoms with Gasteiger partial charge in [-0.2, -0.15) is 0 Å². The fourth-order valence-corrected chi connectivity index (χ4v) is 4.47. The molecular weight excluding hydrogens is 364 g/mol. The Balaban J connectivity index is 1.65. The molecular formula is C19H30N4O3S. The normalized spacial score (nSPS) is 20.7. The number of piperidine rings is 1. The summed E-state index contributed by atoms with van der Waals surface area (Å²) in [5, 5.41) is 3.10. The molecule has 2 heterocycles. The van der Waals surface area contributed by atoms with Crippen molar-refractivity contribution in [2.75, 3.05) is 42.7 Å². The van der Waals surface area contributed by atoms with Crippen LogP contribution >= 0.6 is 0 Å². The summed E-state index contributed by atoms with van der Waals surface area (Å²) in [4.78, 5) is 17.2. The van der Waals surface area contributed by atoms with E-state index in [4.69, 9.17) is 0 Å². The summed E-state index contributed by atoms with van der Waals surface area (Å²) in [6.07, 6.45) is 7.12. The highest BCUT2D eigenvalue weighted by atomic mass is 32.2. The molecule has 2 fully saturated rings. The summed E-state index contributed by atoms with van der Waals surface area (Å²) in [7, 11) is -3.20. The van der Waals surface area contributed by atoms with Crippen molar-refractivity contribution in [3.8, 4) is 0 Å². The smallest absolute Gasteiger partial charge is 0.322 e. The molecule has 0 aromatic heterocycles. The summed E-state index contributed by atoms with van der Waals surface area (Å²) in [5.74, 6) is 0. The number of urea groups is 1. The molecule has 7 nitrogen and oxygen atoms in total. The fourth-order valence-electron chi connectivity index (χ4n) is 3.98. The Labute approximate surface area is 162 Å². The van der Waals surface area contributed by atoms with Crippen molar-refractivity contribution in [2.45, 2.75) is 44.6 Å². The molecule has 2 aliphatic rings. The van der Waals surface area contributed by atoms with E-state index in [0.29, 0.717) is 19.5 Å². The Hall–Kier alpha value is -1.80. The monoisotopic (exact) mass is 394 g/mol. The Morgan fingerprint density at radius 3 is 2.56 bits per heavy atom. The standard InChI is InChI=1S/C19H30N4O3S/c1-27(25,26)20-12-11-16-8-4-5-15-23(16)19(24)21-17-9-2-3-10-18(17)22-13-6-7-14-22/h2-3,9-10,16,20H,4-8,11-15H2,1H3,(H,21,24)/t16-/m0/s1. The molecule has 0 saturated carbocycles. The summed E-state index contributed by atoms with van der Waals surface area (Å²) >= 11 is 0. The summed E-state index contributed by atoms with van der Waals surface area (Å²) in [6.45, 7) is 3.12. The van der Waals surface area contributed by atoms with Gasteiger partial charge in [-0.1, -0.05) is 12.1 Å². The molecule has 2 aliphatic heterocycles. The number of nitrogens with one attached hydrogen (secondary N) is 2. The first-order chi connectivity index (χ1) is 12.9. The van der Waals surface area contributed by atoms with Gasteiger partial charge in [-0.25, -0.2) is 17.9 Å². The largest absolute Gasteiger partial charge is 0.370 e. The molecule has 2 saturated heterocycles. The third kappa shape index (κ3) is 5.59. The van der Waals surface area contributed by atoms with Crippen LogP contribution < -0.4 is 14.9 Å². The average molecular weight is 395 g/mol. The summed E-state index contributed by atoms with van der Waals surface area (Å²) in [5.41, 5.74) is 1.93. The van der Waals surface area contributed by atoms with Crippen LogP contribution in [-0.4, -0.2) is 57.8 Å². The van der Waals surface area contributed by atoms with Gasteiger partial charge in [0, 0.05) is 32.2 Å². The van der Waals surface area contributed by atoms with Gasteiger partial charge >= 0.3 is 6.03 Å². The molecule has 0 aliphatic carbocycles. The maximum Gasteiger partial charge on any atom is 0.322 e. The van der Waals surface area contributed by atoms with Crippen molar-refractivity contribution in [3.63, 3.8) is 0 Å². The van der Waals surface area contributed by atoms with Gasteiger partial charge in [0.15, 0.2) is 0 Å². The second-order valence-electron chi connectivity index (χ2n) is 7.44. The molecule has 1 aromatic rings. The van der Waals surface area contributed by atoms with Crippen LogP contribution in [-0.2, 0) is 10.0 Å². The van der Waals surface area contributed by atoms with Crippen LogP contribution in [0.5, 0.6) is 0 Å². The zero-order valence-electron chi connectivity index (χ0n) is 16.0. The van der Waals surface area contributed by atoms with Crippen molar-refractivity contribution in [1.29, 1.82) is 0 Å². The number of carbonyl (C=O) groups is 1. The van der Waals surface area contributed by atoms with Crippen LogP contribution in [0.2, 0.25) is 0 Å². The Morgan fingerprint density at radius 1 is 1.11 bits per heavy atom. The number of amides is 2.